The van der Waals surface area contributed by atoms with Gasteiger partial charge < -0.3 is 15.5 Å². The molecule has 1 atom stereocenters. The third-order valence-corrected chi connectivity index (χ3v) is 5.48. The number of carbonyl (C=O) groups is 2. The Kier molecular flexibility index (Phi) is 8.07. The maximum atomic E-state index is 12.8. The first kappa shape index (κ1) is 21.7. The van der Waals surface area contributed by atoms with Crippen LogP contribution in [0.1, 0.15) is 30.1 Å². The fourth-order valence-corrected chi connectivity index (χ4v) is 3.84. The first-order valence-corrected chi connectivity index (χ1v) is 9.64. The van der Waals surface area contributed by atoms with Crippen LogP contribution in [0.25, 0.3) is 0 Å². The van der Waals surface area contributed by atoms with E-state index in [9.17, 15) is 9.59 Å². The Balaban J connectivity index is 0.00000261. The number of nitrogens with one attached hydrogen (secondary N) is 2. The summed E-state index contributed by atoms with van der Waals surface area (Å²) in [6, 6.07) is 9.32. The average molecular weight is 395 g/mol. The highest BCUT2D eigenvalue weighted by molar-refractivity contribution is 5.95. The van der Waals surface area contributed by atoms with Crippen LogP contribution >= 0.6 is 12.4 Å². The van der Waals surface area contributed by atoms with E-state index in [0.717, 1.165) is 52.1 Å². The Morgan fingerprint density at radius 1 is 1.15 bits per heavy atom. The Morgan fingerprint density at radius 2 is 1.85 bits per heavy atom. The highest BCUT2D eigenvalue weighted by Crippen LogP contribution is 2.30. The molecular weight excluding hydrogens is 364 g/mol. The molecule has 150 valence electrons. The van der Waals surface area contributed by atoms with Gasteiger partial charge >= 0.3 is 0 Å². The topological polar surface area (TPSA) is 64.7 Å². The summed E-state index contributed by atoms with van der Waals surface area (Å²) in [7, 11) is 0. The molecule has 6 nitrogen and oxygen atoms in total. The molecule has 2 aliphatic rings. The van der Waals surface area contributed by atoms with E-state index < -0.39 is 5.41 Å². The molecule has 0 bridgehead atoms. The monoisotopic (exact) mass is 394 g/mol. The lowest BCUT2D eigenvalue weighted by atomic mass is 9.80. The Morgan fingerprint density at radius 3 is 2.56 bits per heavy atom. The minimum absolute atomic E-state index is 0. The molecule has 1 aromatic rings. The highest BCUT2D eigenvalue weighted by Gasteiger charge is 2.39. The van der Waals surface area contributed by atoms with Crippen LogP contribution in [0.3, 0.4) is 0 Å². The molecule has 1 aromatic carbocycles. The summed E-state index contributed by atoms with van der Waals surface area (Å²) in [4.78, 5) is 29.7. The number of hydrogen-bond acceptors (Lipinski definition) is 4. The number of amides is 2. The van der Waals surface area contributed by atoms with Crippen LogP contribution in [0.15, 0.2) is 30.3 Å². The molecule has 0 aromatic heterocycles. The minimum atomic E-state index is -0.508. The van der Waals surface area contributed by atoms with Gasteiger partial charge in [0.05, 0.1) is 5.41 Å². The summed E-state index contributed by atoms with van der Waals surface area (Å²) < 4.78 is 0. The molecule has 0 radical (unpaired) electrons. The van der Waals surface area contributed by atoms with Gasteiger partial charge in [0, 0.05) is 57.9 Å². The quantitative estimate of drug-likeness (QED) is 0.791. The van der Waals surface area contributed by atoms with Crippen molar-refractivity contribution in [1.29, 1.82) is 0 Å². The summed E-state index contributed by atoms with van der Waals surface area (Å²) in [6.45, 7) is 8.84. The van der Waals surface area contributed by atoms with E-state index in [1.54, 1.807) is 0 Å². The number of halogens is 1. The van der Waals surface area contributed by atoms with Crippen LogP contribution in [0.2, 0.25) is 0 Å². The summed E-state index contributed by atoms with van der Waals surface area (Å²) >= 11 is 0. The number of benzene rings is 1. The van der Waals surface area contributed by atoms with Gasteiger partial charge in [-0.15, -0.1) is 12.4 Å². The second-order valence-electron chi connectivity index (χ2n) is 7.60. The van der Waals surface area contributed by atoms with Gasteiger partial charge in [-0.05, 0) is 31.9 Å². The van der Waals surface area contributed by atoms with Gasteiger partial charge in [-0.2, -0.15) is 0 Å². The zero-order chi connectivity index (χ0) is 18.4. The molecule has 2 amide bonds. The normalized spacial score (nSPS) is 23.4. The maximum Gasteiger partial charge on any atom is 0.253 e. The third-order valence-electron chi connectivity index (χ3n) is 5.48. The molecule has 0 aliphatic carbocycles. The van der Waals surface area contributed by atoms with Crippen LogP contribution in [-0.2, 0) is 4.79 Å². The van der Waals surface area contributed by atoms with Crippen molar-refractivity contribution < 1.29 is 9.59 Å². The van der Waals surface area contributed by atoms with Gasteiger partial charge in [-0.3, -0.25) is 14.5 Å². The van der Waals surface area contributed by atoms with Gasteiger partial charge in [0.25, 0.3) is 5.91 Å². The van der Waals surface area contributed by atoms with Crippen molar-refractivity contribution in [2.45, 2.75) is 19.8 Å². The number of piperazine rings is 1. The first-order valence-electron chi connectivity index (χ1n) is 9.64. The number of piperidine rings is 1. The van der Waals surface area contributed by atoms with Gasteiger partial charge in [0.15, 0.2) is 0 Å². The molecule has 2 saturated heterocycles. The zero-order valence-electron chi connectivity index (χ0n) is 16.1. The standard InChI is InChI=1S/C20H30N4O2.ClH/c1-20(19(26)22-11-15-23-13-9-21-10-14-23)8-5-12-24(16-20)18(25)17-6-3-2-4-7-17;/h2-4,6-7,21H,5,8-16H2,1H3,(H,22,26);1H. The predicted molar refractivity (Wildman–Crippen MR) is 109 cm³/mol. The number of nitrogens with zero attached hydrogens (tertiary/aromatic N) is 2. The third kappa shape index (κ3) is 5.67. The minimum Gasteiger partial charge on any atom is -0.354 e. The second-order valence-corrected chi connectivity index (χ2v) is 7.60. The largest absolute Gasteiger partial charge is 0.354 e. The number of carbonyl (C=O) groups excluding carboxylic acids is 2. The fourth-order valence-electron chi connectivity index (χ4n) is 3.84. The average Bonchev–Trinajstić information content (AvgIpc) is 2.69. The number of rotatable bonds is 5. The second kappa shape index (κ2) is 10.1. The Bertz CT molecular complexity index is 622. The van der Waals surface area contributed by atoms with Crippen LogP contribution < -0.4 is 10.6 Å². The lowest BCUT2D eigenvalue weighted by molar-refractivity contribution is -0.132. The molecule has 27 heavy (non-hydrogen) atoms. The van der Waals surface area contributed by atoms with Gasteiger partial charge in [-0.25, -0.2) is 0 Å². The molecular formula is C20H31ClN4O2. The van der Waals surface area contributed by atoms with E-state index in [1.807, 2.05) is 42.2 Å². The smallest absolute Gasteiger partial charge is 0.253 e. The number of likely N-dealkylation sites (tertiary alicyclic amines) is 1. The molecule has 0 saturated carbocycles. The molecule has 2 N–H and O–H groups in total. The summed E-state index contributed by atoms with van der Waals surface area (Å²) in [6.07, 6.45) is 1.69. The van der Waals surface area contributed by atoms with Crippen molar-refractivity contribution >= 4 is 24.2 Å². The highest BCUT2D eigenvalue weighted by atomic mass is 35.5. The van der Waals surface area contributed by atoms with Crippen molar-refractivity contribution in [1.82, 2.24) is 20.4 Å². The Hall–Kier alpha value is -1.63. The van der Waals surface area contributed by atoms with Crippen molar-refractivity contribution in [2.24, 2.45) is 5.41 Å². The van der Waals surface area contributed by atoms with Crippen LogP contribution in [0.4, 0.5) is 0 Å². The Labute approximate surface area is 168 Å². The first-order chi connectivity index (χ1) is 12.6. The number of hydrogen-bond donors (Lipinski definition) is 2. The fraction of sp³-hybridized carbons (Fsp3) is 0.600. The molecule has 7 heteroatoms. The van der Waals surface area contributed by atoms with Crippen molar-refractivity contribution in [3.05, 3.63) is 35.9 Å². The van der Waals surface area contributed by atoms with E-state index in [2.05, 4.69) is 15.5 Å². The van der Waals surface area contributed by atoms with Gasteiger partial charge in [0.1, 0.15) is 0 Å². The van der Waals surface area contributed by atoms with Crippen molar-refractivity contribution in [2.75, 3.05) is 52.4 Å². The van der Waals surface area contributed by atoms with E-state index in [4.69, 9.17) is 0 Å². The zero-order valence-corrected chi connectivity index (χ0v) is 16.9. The van der Waals surface area contributed by atoms with Crippen LogP contribution in [-0.4, -0.2) is 74.0 Å². The summed E-state index contributed by atoms with van der Waals surface area (Å²) in [5.41, 5.74) is 0.183. The van der Waals surface area contributed by atoms with E-state index in [1.165, 1.54) is 0 Å². The lowest BCUT2D eigenvalue weighted by Crippen LogP contribution is -2.53. The molecule has 2 aliphatic heterocycles. The van der Waals surface area contributed by atoms with E-state index in [-0.39, 0.29) is 24.2 Å². The van der Waals surface area contributed by atoms with Crippen LogP contribution in [0.5, 0.6) is 0 Å². The molecule has 1 unspecified atom stereocenters. The lowest BCUT2D eigenvalue weighted by Gasteiger charge is -2.39. The van der Waals surface area contributed by atoms with E-state index in [0.29, 0.717) is 18.7 Å². The summed E-state index contributed by atoms with van der Waals surface area (Å²) in [5, 5.41) is 6.43. The molecule has 0 spiro atoms. The van der Waals surface area contributed by atoms with Crippen molar-refractivity contribution in [3.8, 4) is 0 Å². The SMILES string of the molecule is CC1(C(=O)NCCN2CCNCC2)CCCN(C(=O)c2ccccc2)C1.Cl. The molecule has 2 fully saturated rings. The maximum absolute atomic E-state index is 12.8. The van der Waals surface area contributed by atoms with E-state index >= 15 is 0 Å². The van der Waals surface area contributed by atoms with Crippen molar-refractivity contribution in [3.63, 3.8) is 0 Å². The van der Waals surface area contributed by atoms with Gasteiger partial charge in [-0.1, -0.05) is 18.2 Å². The van der Waals surface area contributed by atoms with Gasteiger partial charge in [0.2, 0.25) is 5.91 Å². The van der Waals surface area contributed by atoms with Crippen LogP contribution in [0, 0.1) is 5.41 Å². The predicted octanol–water partition coefficient (Wildman–Crippen LogP) is 1.37. The summed E-state index contributed by atoms with van der Waals surface area (Å²) in [5.74, 6) is 0.0864. The molecule has 3 rings (SSSR count). The molecule has 2 heterocycles.